The molecule has 1 fully saturated rings. The molecule has 0 aromatic carbocycles. The molecule has 1 saturated heterocycles. The van der Waals surface area contributed by atoms with Crippen LogP contribution < -0.4 is 0 Å². The molecule has 6 nitrogen and oxygen atoms in total. The summed E-state index contributed by atoms with van der Waals surface area (Å²) in [6.07, 6.45) is 5.63. The van der Waals surface area contributed by atoms with Gasteiger partial charge in [-0.1, -0.05) is 13.3 Å². The van der Waals surface area contributed by atoms with E-state index in [0.717, 1.165) is 51.3 Å². The van der Waals surface area contributed by atoms with Gasteiger partial charge in [-0.15, -0.1) is 5.10 Å². The summed E-state index contributed by atoms with van der Waals surface area (Å²) in [4.78, 5) is 2.41. The average Bonchev–Trinajstić information content (AvgIpc) is 2.84. The fourth-order valence-electron chi connectivity index (χ4n) is 2.73. The number of aryl methyl sites for hydroxylation is 1. The first-order valence-electron chi connectivity index (χ1n) is 7.41. The molecular weight excluding hydrogens is 242 g/mol. The van der Waals surface area contributed by atoms with Gasteiger partial charge in [-0.05, 0) is 48.6 Å². The zero-order valence-electron chi connectivity index (χ0n) is 11.8. The molecule has 1 N–H and O–H groups in total. The maximum atomic E-state index is 9.05. The van der Waals surface area contributed by atoms with Gasteiger partial charge in [0.2, 0.25) is 0 Å². The quantitative estimate of drug-likeness (QED) is 0.800. The predicted molar refractivity (Wildman–Crippen MR) is 72.4 cm³/mol. The predicted octanol–water partition coefficient (Wildman–Crippen LogP) is 1.07. The Bertz CT molecular complexity index is 366. The lowest BCUT2D eigenvalue weighted by molar-refractivity contribution is 0.138. The van der Waals surface area contributed by atoms with Gasteiger partial charge < -0.3 is 5.11 Å². The van der Waals surface area contributed by atoms with E-state index >= 15 is 0 Å². The number of nitrogens with zero attached hydrogens (tertiary/aromatic N) is 5. The molecule has 0 spiro atoms. The zero-order valence-corrected chi connectivity index (χ0v) is 11.8. The molecule has 1 atom stereocenters. The molecular formula is C13H25N5O. The standard InChI is InChI=1S/C13H25N5O/c1-2-3-8-18-13(14-15-16-18)11-17-7-4-5-12(10-17)6-9-19/h12,19H,2-11H2,1H3. The normalized spacial score (nSPS) is 20.8. The molecule has 1 aromatic heterocycles. The Morgan fingerprint density at radius 2 is 2.32 bits per heavy atom. The van der Waals surface area contributed by atoms with E-state index in [1.54, 1.807) is 0 Å². The molecule has 0 radical (unpaired) electrons. The summed E-state index contributed by atoms with van der Waals surface area (Å²) in [6.45, 7) is 6.38. The SMILES string of the molecule is CCCCn1nnnc1CN1CCCC(CCO)C1. The van der Waals surface area contributed by atoms with E-state index in [0.29, 0.717) is 12.5 Å². The van der Waals surface area contributed by atoms with Crippen molar-refractivity contribution in [1.82, 2.24) is 25.1 Å². The highest BCUT2D eigenvalue weighted by atomic mass is 16.3. The molecule has 0 aliphatic carbocycles. The first-order chi connectivity index (χ1) is 9.33. The van der Waals surface area contributed by atoms with E-state index in [9.17, 15) is 0 Å². The smallest absolute Gasteiger partial charge is 0.165 e. The maximum absolute atomic E-state index is 9.05. The molecule has 6 heteroatoms. The van der Waals surface area contributed by atoms with Crippen molar-refractivity contribution in [3.05, 3.63) is 5.82 Å². The molecule has 108 valence electrons. The lowest BCUT2D eigenvalue weighted by atomic mass is 9.95. The first-order valence-corrected chi connectivity index (χ1v) is 7.41. The Morgan fingerprint density at radius 3 is 3.11 bits per heavy atom. The second kappa shape index (κ2) is 7.55. The van der Waals surface area contributed by atoms with Crippen molar-refractivity contribution in [3.63, 3.8) is 0 Å². The summed E-state index contributed by atoms with van der Waals surface area (Å²) in [6, 6.07) is 0. The highest BCUT2D eigenvalue weighted by Gasteiger charge is 2.21. The lowest BCUT2D eigenvalue weighted by Gasteiger charge is -2.31. The first kappa shape index (κ1) is 14.4. The van der Waals surface area contributed by atoms with Crippen LogP contribution in [0.3, 0.4) is 0 Å². The third-order valence-electron chi connectivity index (χ3n) is 3.84. The zero-order chi connectivity index (χ0) is 13.5. The van der Waals surface area contributed by atoms with Crippen LogP contribution in [0.1, 0.15) is 44.9 Å². The fourth-order valence-corrected chi connectivity index (χ4v) is 2.73. The molecule has 2 rings (SSSR count). The summed E-state index contributed by atoms with van der Waals surface area (Å²) in [5.41, 5.74) is 0. The van der Waals surface area contributed by atoms with Gasteiger partial charge in [-0.25, -0.2) is 4.68 Å². The van der Waals surface area contributed by atoms with E-state index in [4.69, 9.17) is 5.11 Å². The van der Waals surface area contributed by atoms with Gasteiger partial charge in [0, 0.05) is 19.7 Å². The molecule has 0 bridgehead atoms. The van der Waals surface area contributed by atoms with Crippen LogP contribution in [-0.2, 0) is 13.1 Å². The number of hydrogen-bond donors (Lipinski definition) is 1. The molecule has 1 aliphatic rings. The number of tetrazole rings is 1. The highest BCUT2D eigenvalue weighted by Crippen LogP contribution is 2.20. The van der Waals surface area contributed by atoms with Crippen LogP contribution in [0.2, 0.25) is 0 Å². The summed E-state index contributed by atoms with van der Waals surface area (Å²) in [7, 11) is 0. The second-order valence-corrected chi connectivity index (χ2v) is 5.43. The van der Waals surface area contributed by atoms with Crippen molar-refractivity contribution in [2.24, 2.45) is 5.92 Å². The molecule has 1 unspecified atom stereocenters. The van der Waals surface area contributed by atoms with Gasteiger partial charge in [-0.2, -0.15) is 0 Å². The Hall–Kier alpha value is -1.01. The van der Waals surface area contributed by atoms with Crippen LogP contribution in [0.5, 0.6) is 0 Å². The van der Waals surface area contributed by atoms with Gasteiger partial charge in [0.05, 0.1) is 6.54 Å². The Labute approximate surface area is 114 Å². The topological polar surface area (TPSA) is 67.1 Å². The number of likely N-dealkylation sites (tertiary alicyclic amines) is 1. The molecule has 0 saturated carbocycles. The van der Waals surface area contributed by atoms with Crippen LogP contribution >= 0.6 is 0 Å². The van der Waals surface area contributed by atoms with Crippen molar-refractivity contribution in [1.29, 1.82) is 0 Å². The van der Waals surface area contributed by atoms with Gasteiger partial charge in [0.1, 0.15) is 0 Å². The van der Waals surface area contributed by atoms with E-state index in [2.05, 4.69) is 27.3 Å². The van der Waals surface area contributed by atoms with Crippen LogP contribution in [-0.4, -0.2) is 49.9 Å². The van der Waals surface area contributed by atoms with Crippen molar-refractivity contribution >= 4 is 0 Å². The lowest BCUT2D eigenvalue weighted by Crippen LogP contribution is -2.36. The third-order valence-corrected chi connectivity index (χ3v) is 3.84. The average molecular weight is 267 g/mol. The molecule has 2 heterocycles. The summed E-state index contributed by atoms with van der Waals surface area (Å²) in [5, 5.41) is 21.0. The fraction of sp³-hybridized carbons (Fsp3) is 0.923. The van der Waals surface area contributed by atoms with Crippen molar-refractivity contribution < 1.29 is 5.11 Å². The van der Waals surface area contributed by atoms with Crippen molar-refractivity contribution in [2.75, 3.05) is 19.7 Å². The second-order valence-electron chi connectivity index (χ2n) is 5.43. The number of aliphatic hydroxyl groups is 1. The molecule has 1 aromatic rings. The number of rotatable bonds is 7. The maximum Gasteiger partial charge on any atom is 0.165 e. The van der Waals surface area contributed by atoms with Crippen LogP contribution in [0.15, 0.2) is 0 Å². The van der Waals surface area contributed by atoms with Gasteiger partial charge in [0.15, 0.2) is 5.82 Å². The van der Waals surface area contributed by atoms with Gasteiger partial charge in [0.25, 0.3) is 0 Å². The van der Waals surface area contributed by atoms with Crippen LogP contribution in [0.4, 0.5) is 0 Å². The summed E-state index contributed by atoms with van der Waals surface area (Å²) < 4.78 is 1.93. The Balaban J connectivity index is 1.87. The van der Waals surface area contributed by atoms with E-state index < -0.39 is 0 Å². The largest absolute Gasteiger partial charge is 0.396 e. The number of piperidine rings is 1. The minimum Gasteiger partial charge on any atom is -0.396 e. The number of aromatic nitrogens is 4. The minimum atomic E-state index is 0.298. The molecule has 19 heavy (non-hydrogen) atoms. The Kier molecular flexibility index (Phi) is 5.72. The van der Waals surface area contributed by atoms with E-state index in [1.807, 2.05) is 4.68 Å². The summed E-state index contributed by atoms with van der Waals surface area (Å²) >= 11 is 0. The van der Waals surface area contributed by atoms with Crippen LogP contribution in [0, 0.1) is 5.92 Å². The monoisotopic (exact) mass is 267 g/mol. The van der Waals surface area contributed by atoms with Crippen LogP contribution in [0.25, 0.3) is 0 Å². The molecule has 1 aliphatic heterocycles. The van der Waals surface area contributed by atoms with Gasteiger partial charge in [-0.3, -0.25) is 4.90 Å². The van der Waals surface area contributed by atoms with Gasteiger partial charge >= 0.3 is 0 Å². The van der Waals surface area contributed by atoms with E-state index in [-0.39, 0.29) is 0 Å². The highest BCUT2D eigenvalue weighted by molar-refractivity contribution is 4.83. The number of aliphatic hydroxyl groups excluding tert-OH is 1. The Morgan fingerprint density at radius 1 is 1.42 bits per heavy atom. The van der Waals surface area contributed by atoms with Crippen molar-refractivity contribution in [2.45, 2.75) is 52.1 Å². The number of unbranched alkanes of at least 4 members (excludes halogenated alkanes) is 1. The van der Waals surface area contributed by atoms with E-state index in [1.165, 1.54) is 12.8 Å². The number of hydrogen-bond acceptors (Lipinski definition) is 5. The minimum absolute atomic E-state index is 0.298. The summed E-state index contributed by atoms with van der Waals surface area (Å²) in [5.74, 6) is 1.59. The third kappa shape index (κ3) is 4.24. The van der Waals surface area contributed by atoms with Crippen molar-refractivity contribution in [3.8, 4) is 0 Å². The molecule has 0 amide bonds.